The van der Waals surface area contributed by atoms with Crippen molar-refractivity contribution >= 4 is 11.9 Å². The maximum Gasteiger partial charge on any atom is 0.303 e. The zero-order valence-electron chi connectivity index (χ0n) is 12.9. The second kappa shape index (κ2) is 8.06. The predicted octanol–water partition coefficient (Wildman–Crippen LogP) is 2.50. The minimum absolute atomic E-state index is 0.0287. The smallest absolute Gasteiger partial charge is 0.303 e. The lowest BCUT2D eigenvalue weighted by Crippen LogP contribution is -2.44. The van der Waals surface area contributed by atoms with E-state index in [1.165, 1.54) is 18.2 Å². The summed E-state index contributed by atoms with van der Waals surface area (Å²) in [6, 6.07) is 5.49. The number of aliphatic hydroxyl groups excluding tert-OH is 1. The molecule has 0 aromatic heterocycles. The Kier molecular flexibility index (Phi) is 6.10. The van der Waals surface area contributed by atoms with Gasteiger partial charge in [-0.05, 0) is 43.4 Å². The monoisotopic (exact) mass is 323 g/mol. The summed E-state index contributed by atoms with van der Waals surface area (Å²) < 4.78 is 13.2. The van der Waals surface area contributed by atoms with Crippen molar-refractivity contribution in [3.8, 4) is 0 Å². The number of nitrogens with zero attached hydrogens (tertiary/aromatic N) is 1. The van der Waals surface area contributed by atoms with E-state index in [0.717, 1.165) is 19.3 Å². The predicted molar refractivity (Wildman–Crippen MR) is 82.2 cm³/mol. The highest BCUT2D eigenvalue weighted by Crippen LogP contribution is 2.25. The van der Waals surface area contributed by atoms with Crippen molar-refractivity contribution in [2.45, 2.75) is 50.7 Å². The molecular weight excluding hydrogens is 301 g/mol. The van der Waals surface area contributed by atoms with Gasteiger partial charge in [0.25, 0.3) is 0 Å². The Morgan fingerprint density at radius 2 is 2.13 bits per heavy atom. The van der Waals surface area contributed by atoms with E-state index in [1.807, 2.05) is 0 Å². The van der Waals surface area contributed by atoms with Crippen LogP contribution in [-0.2, 0) is 9.59 Å². The Morgan fingerprint density at radius 1 is 1.35 bits per heavy atom. The third kappa shape index (κ3) is 5.03. The first-order valence-corrected chi connectivity index (χ1v) is 7.92. The standard InChI is InChI=1S/C17H22FNO4/c18-13-5-3-4-12(10-13)15(20)11-16(21)19-9-2-1-6-14(19)7-8-17(22)23/h3-5,10,14-15,20H,1-2,6-9,11H2,(H,22,23). The molecule has 0 aliphatic carbocycles. The van der Waals surface area contributed by atoms with Gasteiger partial charge in [0.2, 0.25) is 5.91 Å². The van der Waals surface area contributed by atoms with Crippen molar-refractivity contribution in [2.75, 3.05) is 6.54 Å². The number of amides is 1. The Balaban J connectivity index is 1.98. The number of hydrogen-bond donors (Lipinski definition) is 2. The number of aliphatic carboxylic acids is 1. The number of carboxylic acids is 1. The van der Waals surface area contributed by atoms with Crippen LogP contribution in [0.5, 0.6) is 0 Å². The molecular formula is C17H22FNO4. The second-order valence-corrected chi connectivity index (χ2v) is 5.94. The molecule has 2 N–H and O–H groups in total. The van der Waals surface area contributed by atoms with Gasteiger partial charge in [0.05, 0.1) is 12.5 Å². The zero-order chi connectivity index (χ0) is 16.8. The molecule has 1 amide bonds. The molecule has 23 heavy (non-hydrogen) atoms. The molecule has 5 nitrogen and oxygen atoms in total. The molecule has 1 fully saturated rings. The summed E-state index contributed by atoms with van der Waals surface area (Å²) in [5, 5.41) is 19.0. The van der Waals surface area contributed by atoms with Gasteiger partial charge in [0.15, 0.2) is 0 Å². The first kappa shape index (κ1) is 17.4. The molecule has 2 unspecified atom stereocenters. The van der Waals surface area contributed by atoms with Gasteiger partial charge in [-0.1, -0.05) is 12.1 Å². The fourth-order valence-electron chi connectivity index (χ4n) is 3.03. The van der Waals surface area contributed by atoms with Gasteiger partial charge in [-0.3, -0.25) is 9.59 Å². The Labute approximate surface area is 134 Å². The first-order chi connectivity index (χ1) is 11.0. The van der Waals surface area contributed by atoms with Crippen LogP contribution in [0.2, 0.25) is 0 Å². The normalized spacial score (nSPS) is 19.4. The van der Waals surface area contributed by atoms with Crippen molar-refractivity contribution < 1.29 is 24.2 Å². The minimum atomic E-state index is -1.06. The molecule has 0 saturated carbocycles. The van der Waals surface area contributed by atoms with E-state index in [9.17, 15) is 19.1 Å². The van der Waals surface area contributed by atoms with Crippen molar-refractivity contribution in [2.24, 2.45) is 0 Å². The first-order valence-electron chi connectivity index (χ1n) is 7.92. The number of halogens is 1. The van der Waals surface area contributed by atoms with Crippen LogP contribution in [0.4, 0.5) is 4.39 Å². The van der Waals surface area contributed by atoms with Gasteiger partial charge in [-0.15, -0.1) is 0 Å². The molecule has 0 spiro atoms. The number of carbonyl (C=O) groups is 2. The van der Waals surface area contributed by atoms with E-state index in [0.29, 0.717) is 18.5 Å². The molecule has 1 heterocycles. The van der Waals surface area contributed by atoms with Crippen LogP contribution < -0.4 is 0 Å². The van der Waals surface area contributed by atoms with Gasteiger partial charge in [-0.25, -0.2) is 4.39 Å². The van der Waals surface area contributed by atoms with Crippen LogP contribution in [0.1, 0.15) is 50.2 Å². The lowest BCUT2D eigenvalue weighted by Gasteiger charge is -2.36. The Hall–Kier alpha value is -1.95. The van der Waals surface area contributed by atoms with Crippen LogP contribution in [0.15, 0.2) is 24.3 Å². The van der Waals surface area contributed by atoms with E-state index >= 15 is 0 Å². The number of piperidine rings is 1. The highest BCUT2D eigenvalue weighted by molar-refractivity contribution is 5.77. The number of aliphatic hydroxyl groups is 1. The van der Waals surface area contributed by atoms with Gasteiger partial charge in [-0.2, -0.15) is 0 Å². The number of hydrogen-bond acceptors (Lipinski definition) is 3. The highest BCUT2D eigenvalue weighted by atomic mass is 19.1. The number of rotatable bonds is 6. The molecule has 1 aliphatic rings. The van der Waals surface area contributed by atoms with E-state index in [-0.39, 0.29) is 24.8 Å². The molecule has 0 bridgehead atoms. The summed E-state index contributed by atoms with van der Waals surface area (Å²) in [7, 11) is 0. The highest BCUT2D eigenvalue weighted by Gasteiger charge is 2.28. The van der Waals surface area contributed by atoms with Crippen LogP contribution in [-0.4, -0.2) is 39.6 Å². The zero-order valence-corrected chi connectivity index (χ0v) is 12.9. The van der Waals surface area contributed by atoms with Crippen LogP contribution in [0, 0.1) is 5.82 Å². The summed E-state index contributed by atoms with van der Waals surface area (Å²) in [6.07, 6.45) is 1.92. The van der Waals surface area contributed by atoms with E-state index in [2.05, 4.69) is 0 Å². The van der Waals surface area contributed by atoms with Crippen molar-refractivity contribution in [1.82, 2.24) is 4.90 Å². The molecule has 1 aliphatic heterocycles. The summed E-state index contributed by atoms with van der Waals surface area (Å²) in [6.45, 7) is 0.582. The molecule has 126 valence electrons. The third-order valence-corrected chi connectivity index (χ3v) is 4.24. The lowest BCUT2D eigenvalue weighted by atomic mass is 9.96. The molecule has 1 aromatic carbocycles. The molecule has 1 saturated heterocycles. The number of benzene rings is 1. The van der Waals surface area contributed by atoms with Crippen LogP contribution >= 0.6 is 0 Å². The molecule has 2 atom stereocenters. The van der Waals surface area contributed by atoms with Crippen molar-refractivity contribution in [3.05, 3.63) is 35.6 Å². The molecule has 2 rings (SSSR count). The van der Waals surface area contributed by atoms with Crippen LogP contribution in [0.25, 0.3) is 0 Å². The van der Waals surface area contributed by atoms with Crippen LogP contribution in [0.3, 0.4) is 0 Å². The summed E-state index contributed by atoms with van der Waals surface area (Å²) in [4.78, 5) is 24.9. The van der Waals surface area contributed by atoms with E-state index in [1.54, 1.807) is 11.0 Å². The fraction of sp³-hybridized carbons (Fsp3) is 0.529. The van der Waals surface area contributed by atoms with Gasteiger partial charge >= 0.3 is 5.97 Å². The molecule has 0 radical (unpaired) electrons. The average Bonchev–Trinajstić information content (AvgIpc) is 2.53. The number of carboxylic acid groups (broad SMARTS) is 1. The molecule has 1 aromatic rings. The van der Waals surface area contributed by atoms with Gasteiger partial charge in [0, 0.05) is 19.0 Å². The lowest BCUT2D eigenvalue weighted by molar-refractivity contribution is -0.141. The van der Waals surface area contributed by atoms with E-state index < -0.39 is 17.9 Å². The summed E-state index contributed by atoms with van der Waals surface area (Å²) in [5.74, 6) is -1.54. The SMILES string of the molecule is O=C(O)CCC1CCCCN1C(=O)CC(O)c1cccc(F)c1. The maximum atomic E-state index is 13.2. The van der Waals surface area contributed by atoms with Crippen molar-refractivity contribution in [3.63, 3.8) is 0 Å². The number of likely N-dealkylation sites (tertiary alicyclic amines) is 1. The number of carbonyl (C=O) groups excluding carboxylic acids is 1. The fourth-order valence-corrected chi connectivity index (χ4v) is 3.03. The second-order valence-electron chi connectivity index (χ2n) is 5.94. The molecule has 6 heteroatoms. The Morgan fingerprint density at radius 3 is 2.83 bits per heavy atom. The maximum absolute atomic E-state index is 13.2. The van der Waals surface area contributed by atoms with Gasteiger partial charge in [0.1, 0.15) is 5.82 Å². The minimum Gasteiger partial charge on any atom is -0.481 e. The topological polar surface area (TPSA) is 77.8 Å². The van der Waals surface area contributed by atoms with Crippen molar-refractivity contribution in [1.29, 1.82) is 0 Å². The van der Waals surface area contributed by atoms with Gasteiger partial charge < -0.3 is 15.1 Å². The Bertz CT molecular complexity index is 563. The summed E-state index contributed by atoms with van der Waals surface area (Å²) >= 11 is 0. The third-order valence-electron chi connectivity index (χ3n) is 4.24. The average molecular weight is 323 g/mol. The summed E-state index contributed by atoms with van der Waals surface area (Å²) in [5.41, 5.74) is 0.373. The quantitative estimate of drug-likeness (QED) is 0.843. The van der Waals surface area contributed by atoms with E-state index in [4.69, 9.17) is 5.11 Å². The largest absolute Gasteiger partial charge is 0.481 e.